The van der Waals surface area contributed by atoms with E-state index in [2.05, 4.69) is 19.2 Å². The van der Waals surface area contributed by atoms with Crippen LogP contribution < -0.4 is 5.32 Å². The lowest BCUT2D eigenvalue weighted by Gasteiger charge is -2.16. The highest BCUT2D eigenvalue weighted by Crippen LogP contribution is 2.21. The van der Waals surface area contributed by atoms with E-state index in [1.54, 1.807) is 7.11 Å². The minimum absolute atomic E-state index is 0.0377. The van der Waals surface area contributed by atoms with Crippen molar-refractivity contribution in [2.75, 3.05) is 13.7 Å². The minimum Gasteiger partial charge on any atom is -0.374 e. The van der Waals surface area contributed by atoms with E-state index in [1.165, 1.54) is 29.8 Å². The van der Waals surface area contributed by atoms with Gasteiger partial charge in [-0.3, -0.25) is 0 Å². The molecule has 112 valence electrons. The van der Waals surface area contributed by atoms with Crippen molar-refractivity contribution in [1.82, 2.24) is 15.3 Å². The van der Waals surface area contributed by atoms with Gasteiger partial charge in [0.05, 0.1) is 0 Å². The Morgan fingerprint density at radius 2 is 1.80 bits per heavy atom. The van der Waals surface area contributed by atoms with Crippen molar-refractivity contribution in [2.45, 2.75) is 65.0 Å². The molecule has 0 saturated heterocycles. The molecule has 1 unspecified atom stereocenters. The largest absolute Gasteiger partial charge is 0.374 e. The standard InChI is InChI=1S/C16H27N3O/c1-5-14-13(9-10-17-12-7-8-12)15(6-2)19-16(18-14)11(3)20-4/h11-12,17H,5-10H2,1-4H3. The van der Waals surface area contributed by atoms with Crippen LogP contribution in [0.15, 0.2) is 0 Å². The van der Waals surface area contributed by atoms with Gasteiger partial charge in [0.15, 0.2) is 5.82 Å². The fraction of sp³-hybridized carbons (Fsp3) is 0.750. The van der Waals surface area contributed by atoms with Gasteiger partial charge in [0.25, 0.3) is 0 Å². The number of methoxy groups -OCH3 is 1. The van der Waals surface area contributed by atoms with E-state index >= 15 is 0 Å². The molecule has 0 amide bonds. The van der Waals surface area contributed by atoms with Crippen LogP contribution in [0.25, 0.3) is 0 Å². The predicted molar refractivity (Wildman–Crippen MR) is 80.9 cm³/mol. The van der Waals surface area contributed by atoms with Crippen molar-refractivity contribution in [3.63, 3.8) is 0 Å². The summed E-state index contributed by atoms with van der Waals surface area (Å²) in [4.78, 5) is 9.44. The molecule has 1 aliphatic rings. The fourth-order valence-electron chi connectivity index (χ4n) is 2.45. The average molecular weight is 277 g/mol. The number of rotatable bonds is 8. The maximum atomic E-state index is 5.36. The molecule has 20 heavy (non-hydrogen) atoms. The van der Waals surface area contributed by atoms with Crippen LogP contribution in [-0.2, 0) is 24.0 Å². The second-order valence-electron chi connectivity index (χ2n) is 5.52. The van der Waals surface area contributed by atoms with E-state index < -0.39 is 0 Å². The van der Waals surface area contributed by atoms with Crippen LogP contribution in [0, 0.1) is 0 Å². The van der Waals surface area contributed by atoms with Crippen LogP contribution >= 0.6 is 0 Å². The first kappa shape index (κ1) is 15.4. The molecule has 1 aliphatic carbocycles. The van der Waals surface area contributed by atoms with Gasteiger partial charge in [0.1, 0.15) is 6.10 Å². The molecule has 2 rings (SSSR count). The highest BCUT2D eigenvalue weighted by molar-refractivity contribution is 5.27. The van der Waals surface area contributed by atoms with Crippen LogP contribution in [0.5, 0.6) is 0 Å². The lowest BCUT2D eigenvalue weighted by molar-refractivity contribution is 0.111. The first-order chi connectivity index (χ1) is 9.69. The summed E-state index contributed by atoms with van der Waals surface area (Å²) in [6.07, 6.45) is 5.58. The number of hydrogen-bond donors (Lipinski definition) is 1. The zero-order valence-electron chi connectivity index (χ0n) is 13.2. The molecule has 0 bridgehead atoms. The van der Waals surface area contributed by atoms with Gasteiger partial charge in [-0.2, -0.15) is 0 Å². The average Bonchev–Trinajstić information content (AvgIpc) is 3.30. The smallest absolute Gasteiger partial charge is 0.157 e. The summed E-state index contributed by atoms with van der Waals surface area (Å²) in [7, 11) is 1.71. The van der Waals surface area contributed by atoms with Crippen molar-refractivity contribution >= 4 is 0 Å². The molecule has 1 saturated carbocycles. The lowest BCUT2D eigenvalue weighted by Crippen LogP contribution is -2.21. The molecule has 1 atom stereocenters. The SMILES string of the molecule is CCc1nc(C(C)OC)nc(CC)c1CCNC1CC1. The van der Waals surface area contributed by atoms with Gasteiger partial charge >= 0.3 is 0 Å². The molecule has 1 fully saturated rings. The molecule has 1 aromatic rings. The van der Waals surface area contributed by atoms with Crippen LogP contribution in [0.3, 0.4) is 0 Å². The normalized spacial score (nSPS) is 16.4. The van der Waals surface area contributed by atoms with E-state index in [4.69, 9.17) is 14.7 Å². The predicted octanol–water partition coefficient (Wildman–Crippen LogP) is 2.60. The van der Waals surface area contributed by atoms with Crippen molar-refractivity contribution in [2.24, 2.45) is 0 Å². The van der Waals surface area contributed by atoms with Crippen molar-refractivity contribution in [3.05, 3.63) is 22.8 Å². The fourth-order valence-corrected chi connectivity index (χ4v) is 2.45. The third-order valence-electron chi connectivity index (χ3n) is 3.97. The number of nitrogens with zero attached hydrogens (tertiary/aromatic N) is 2. The highest BCUT2D eigenvalue weighted by atomic mass is 16.5. The van der Waals surface area contributed by atoms with Crippen molar-refractivity contribution in [3.8, 4) is 0 Å². The molecule has 0 aliphatic heterocycles. The van der Waals surface area contributed by atoms with Crippen LogP contribution in [0.1, 0.15) is 62.5 Å². The summed E-state index contributed by atoms with van der Waals surface area (Å²) >= 11 is 0. The van der Waals surface area contributed by atoms with Gasteiger partial charge in [-0.25, -0.2) is 9.97 Å². The molecule has 0 aromatic carbocycles. The lowest BCUT2D eigenvalue weighted by atomic mass is 10.0. The number of nitrogens with one attached hydrogen (secondary N) is 1. The van der Waals surface area contributed by atoms with E-state index in [0.29, 0.717) is 0 Å². The topological polar surface area (TPSA) is 47.0 Å². The second-order valence-corrected chi connectivity index (χ2v) is 5.52. The van der Waals surface area contributed by atoms with Crippen molar-refractivity contribution < 1.29 is 4.74 Å². The number of aryl methyl sites for hydroxylation is 2. The van der Waals surface area contributed by atoms with Crippen LogP contribution in [0.2, 0.25) is 0 Å². The minimum atomic E-state index is -0.0377. The van der Waals surface area contributed by atoms with Crippen LogP contribution in [-0.4, -0.2) is 29.7 Å². The van der Waals surface area contributed by atoms with Gasteiger partial charge in [0.2, 0.25) is 0 Å². The maximum absolute atomic E-state index is 5.36. The third kappa shape index (κ3) is 3.76. The third-order valence-corrected chi connectivity index (χ3v) is 3.97. The Bertz CT molecular complexity index is 418. The van der Waals surface area contributed by atoms with E-state index in [9.17, 15) is 0 Å². The molecule has 0 spiro atoms. The van der Waals surface area contributed by atoms with E-state index in [0.717, 1.165) is 37.7 Å². The molecule has 4 heteroatoms. The van der Waals surface area contributed by atoms with Gasteiger partial charge in [-0.15, -0.1) is 0 Å². The Balaban J connectivity index is 2.18. The Labute approximate surface area is 122 Å². The highest BCUT2D eigenvalue weighted by Gasteiger charge is 2.21. The Morgan fingerprint density at radius 3 is 2.25 bits per heavy atom. The Kier molecular flexibility index (Phi) is 5.49. The summed E-state index contributed by atoms with van der Waals surface area (Å²) in [5.74, 6) is 0.820. The molecule has 0 radical (unpaired) electrons. The first-order valence-electron chi connectivity index (χ1n) is 7.84. The van der Waals surface area contributed by atoms with E-state index in [1.807, 2.05) is 6.92 Å². The molecular weight excluding hydrogens is 250 g/mol. The van der Waals surface area contributed by atoms with Crippen LogP contribution in [0.4, 0.5) is 0 Å². The molecular formula is C16H27N3O. The maximum Gasteiger partial charge on any atom is 0.157 e. The monoisotopic (exact) mass is 277 g/mol. The van der Waals surface area contributed by atoms with E-state index in [-0.39, 0.29) is 6.10 Å². The quantitative estimate of drug-likeness (QED) is 0.793. The second kappa shape index (κ2) is 7.14. The number of ether oxygens (including phenoxy) is 1. The summed E-state index contributed by atoms with van der Waals surface area (Å²) < 4.78 is 5.36. The van der Waals surface area contributed by atoms with Gasteiger partial charge in [-0.05, 0) is 51.1 Å². The van der Waals surface area contributed by atoms with Crippen molar-refractivity contribution in [1.29, 1.82) is 0 Å². The Hall–Kier alpha value is -1.00. The Morgan fingerprint density at radius 1 is 1.20 bits per heavy atom. The first-order valence-corrected chi connectivity index (χ1v) is 7.84. The van der Waals surface area contributed by atoms with Gasteiger partial charge in [-0.1, -0.05) is 13.8 Å². The molecule has 1 heterocycles. The summed E-state index contributed by atoms with van der Waals surface area (Å²) in [5.41, 5.74) is 3.72. The zero-order chi connectivity index (χ0) is 14.5. The number of aromatic nitrogens is 2. The zero-order valence-corrected chi connectivity index (χ0v) is 13.2. The summed E-state index contributed by atoms with van der Waals surface area (Å²) in [6.45, 7) is 7.37. The summed E-state index contributed by atoms with van der Waals surface area (Å²) in [5, 5.41) is 3.58. The molecule has 1 aromatic heterocycles. The molecule has 4 nitrogen and oxygen atoms in total. The van der Waals surface area contributed by atoms with Gasteiger partial charge < -0.3 is 10.1 Å². The summed E-state index contributed by atoms with van der Waals surface area (Å²) in [6, 6.07) is 0.763. The number of hydrogen-bond acceptors (Lipinski definition) is 4. The molecule has 1 N–H and O–H groups in total. The van der Waals surface area contributed by atoms with Gasteiger partial charge in [0, 0.05) is 24.5 Å².